The highest BCUT2D eigenvalue weighted by atomic mass is 16.6. The van der Waals surface area contributed by atoms with E-state index in [4.69, 9.17) is 0 Å². The lowest BCUT2D eigenvalue weighted by molar-refractivity contribution is -0.386. The molecule has 0 saturated heterocycles. The fraction of sp³-hybridized carbons (Fsp3) is 0.200. The van der Waals surface area contributed by atoms with Crippen LogP contribution in [0, 0.1) is 34.1 Å². The molecule has 9 heteroatoms. The minimum absolute atomic E-state index is 0.0832. The molecule has 2 aromatic rings. The van der Waals surface area contributed by atoms with E-state index in [1.54, 1.807) is 6.92 Å². The molecule has 2 heterocycles. The number of aryl methyl sites for hydroxylation is 1. The summed E-state index contributed by atoms with van der Waals surface area (Å²) in [5.41, 5.74) is 0.353. The molecule has 98 valence electrons. The third-order valence-corrected chi connectivity index (χ3v) is 2.60. The Morgan fingerprint density at radius 1 is 1.16 bits per heavy atom. The van der Waals surface area contributed by atoms with Crippen LogP contribution in [-0.4, -0.2) is 24.6 Å². The first-order valence-corrected chi connectivity index (χ1v) is 5.23. The zero-order valence-corrected chi connectivity index (χ0v) is 10.1. The highest BCUT2D eigenvalue weighted by molar-refractivity contribution is 5.44. The number of aromatic nitrogens is 3. The Balaban J connectivity index is 2.51. The summed E-state index contributed by atoms with van der Waals surface area (Å²) in [6, 6.07) is 2.66. The smallest absolute Gasteiger partial charge is 0.258 e. The second-order valence-corrected chi connectivity index (χ2v) is 3.82. The van der Waals surface area contributed by atoms with Crippen LogP contribution in [0.4, 0.5) is 11.4 Å². The van der Waals surface area contributed by atoms with Gasteiger partial charge in [0.2, 0.25) is 0 Å². The van der Waals surface area contributed by atoms with Crippen LogP contribution in [0.5, 0.6) is 0 Å². The van der Waals surface area contributed by atoms with Crippen molar-refractivity contribution in [3.8, 4) is 5.82 Å². The predicted molar refractivity (Wildman–Crippen MR) is 64.1 cm³/mol. The number of hydrogen-bond acceptors (Lipinski definition) is 6. The number of pyridine rings is 1. The third-order valence-electron chi connectivity index (χ3n) is 2.60. The summed E-state index contributed by atoms with van der Waals surface area (Å²) in [5, 5.41) is 25.4. The van der Waals surface area contributed by atoms with Gasteiger partial charge in [-0.05, 0) is 19.9 Å². The molecule has 0 bridgehead atoms. The minimum Gasteiger partial charge on any atom is -0.258 e. The highest BCUT2D eigenvalue weighted by Gasteiger charge is 2.23. The molecule has 0 aliphatic rings. The maximum absolute atomic E-state index is 10.9. The van der Waals surface area contributed by atoms with E-state index in [1.165, 1.54) is 23.7 Å². The first-order chi connectivity index (χ1) is 8.91. The first-order valence-electron chi connectivity index (χ1n) is 5.23. The summed E-state index contributed by atoms with van der Waals surface area (Å²) in [7, 11) is 0. The van der Waals surface area contributed by atoms with Crippen LogP contribution < -0.4 is 0 Å². The standard InChI is InChI=1S/C10H9N5O4/c1-6-10(15(18)19)7(2)13(12-6)9-4-3-8(5-11-9)14(16)17/h3-5H,1-2H3. The molecule has 0 aromatic carbocycles. The largest absolute Gasteiger partial charge is 0.313 e. The summed E-state index contributed by atoms with van der Waals surface area (Å²) in [4.78, 5) is 24.2. The van der Waals surface area contributed by atoms with Crippen LogP contribution in [0.15, 0.2) is 18.3 Å². The Morgan fingerprint density at radius 3 is 2.26 bits per heavy atom. The minimum atomic E-state index is -0.569. The molecular formula is C10H9N5O4. The van der Waals surface area contributed by atoms with Crippen molar-refractivity contribution in [1.29, 1.82) is 0 Å². The quantitative estimate of drug-likeness (QED) is 0.614. The van der Waals surface area contributed by atoms with Gasteiger partial charge < -0.3 is 0 Å². The maximum Gasteiger partial charge on any atom is 0.313 e. The van der Waals surface area contributed by atoms with Crippen LogP contribution in [0.25, 0.3) is 5.82 Å². The molecule has 0 N–H and O–H groups in total. The Hall–Kier alpha value is -2.84. The van der Waals surface area contributed by atoms with Crippen LogP contribution >= 0.6 is 0 Å². The summed E-state index contributed by atoms with van der Waals surface area (Å²) >= 11 is 0. The zero-order chi connectivity index (χ0) is 14.2. The molecular weight excluding hydrogens is 254 g/mol. The highest BCUT2D eigenvalue weighted by Crippen LogP contribution is 2.24. The van der Waals surface area contributed by atoms with E-state index >= 15 is 0 Å². The van der Waals surface area contributed by atoms with Gasteiger partial charge in [0.1, 0.15) is 17.6 Å². The molecule has 0 unspecified atom stereocenters. The van der Waals surface area contributed by atoms with Gasteiger partial charge in [-0.2, -0.15) is 5.10 Å². The second kappa shape index (κ2) is 4.44. The van der Waals surface area contributed by atoms with Crippen molar-refractivity contribution in [3.05, 3.63) is 49.9 Å². The first kappa shape index (κ1) is 12.6. The second-order valence-electron chi connectivity index (χ2n) is 3.82. The van der Waals surface area contributed by atoms with E-state index in [0.29, 0.717) is 11.5 Å². The molecule has 2 rings (SSSR count). The monoisotopic (exact) mass is 263 g/mol. The fourth-order valence-corrected chi connectivity index (χ4v) is 1.73. The van der Waals surface area contributed by atoms with E-state index in [9.17, 15) is 20.2 Å². The van der Waals surface area contributed by atoms with Gasteiger partial charge in [-0.3, -0.25) is 20.2 Å². The lowest BCUT2D eigenvalue weighted by atomic mass is 10.3. The lowest BCUT2D eigenvalue weighted by Gasteiger charge is -2.01. The van der Waals surface area contributed by atoms with E-state index in [-0.39, 0.29) is 17.1 Å². The van der Waals surface area contributed by atoms with Crippen molar-refractivity contribution in [2.75, 3.05) is 0 Å². The van der Waals surface area contributed by atoms with Gasteiger partial charge >= 0.3 is 5.69 Å². The van der Waals surface area contributed by atoms with Crippen LogP contribution in [-0.2, 0) is 0 Å². The molecule has 0 amide bonds. The van der Waals surface area contributed by atoms with Gasteiger partial charge in [-0.15, -0.1) is 0 Å². The van der Waals surface area contributed by atoms with Crippen molar-refractivity contribution in [3.63, 3.8) is 0 Å². The van der Waals surface area contributed by atoms with Gasteiger partial charge in [0.25, 0.3) is 5.69 Å². The number of rotatable bonds is 3. The van der Waals surface area contributed by atoms with Gasteiger partial charge in [0.15, 0.2) is 5.82 Å². The van der Waals surface area contributed by atoms with E-state index in [0.717, 1.165) is 6.20 Å². The Bertz CT molecular complexity index is 661. The van der Waals surface area contributed by atoms with Crippen molar-refractivity contribution >= 4 is 11.4 Å². The van der Waals surface area contributed by atoms with Crippen molar-refractivity contribution < 1.29 is 9.85 Å². The molecule has 0 atom stereocenters. The number of nitro groups is 2. The molecule has 0 aliphatic carbocycles. The molecule has 2 aromatic heterocycles. The van der Waals surface area contributed by atoms with Crippen LogP contribution in [0.2, 0.25) is 0 Å². The summed E-state index contributed by atoms with van der Waals surface area (Å²) in [6.45, 7) is 3.06. The maximum atomic E-state index is 10.9. The Kier molecular flexibility index (Phi) is 2.95. The topological polar surface area (TPSA) is 117 Å². The van der Waals surface area contributed by atoms with Crippen LogP contribution in [0.3, 0.4) is 0 Å². The predicted octanol–water partition coefficient (Wildman–Crippen LogP) is 1.70. The molecule has 19 heavy (non-hydrogen) atoms. The average Bonchev–Trinajstić information content (AvgIpc) is 2.65. The molecule has 0 radical (unpaired) electrons. The van der Waals surface area contributed by atoms with Gasteiger partial charge in [-0.1, -0.05) is 0 Å². The van der Waals surface area contributed by atoms with E-state index in [2.05, 4.69) is 10.1 Å². The Morgan fingerprint density at radius 2 is 1.84 bits per heavy atom. The van der Waals surface area contributed by atoms with E-state index < -0.39 is 9.85 Å². The van der Waals surface area contributed by atoms with Gasteiger partial charge in [0.05, 0.1) is 9.85 Å². The van der Waals surface area contributed by atoms with Crippen molar-refractivity contribution in [1.82, 2.24) is 14.8 Å². The average molecular weight is 263 g/mol. The SMILES string of the molecule is Cc1nn(-c2ccc([N+](=O)[O-])cn2)c(C)c1[N+](=O)[O-]. The zero-order valence-electron chi connectivity index (χ0n) is 10.1. The summed E-state index contributed by atoms with van der Waals surface area (Å²) < 4.78 is 1.29. The van der Waals surface area contributed by atoms with Gasteiger partial charge in [0, 0.05) is 6.07 Å². The lowest BCUT2D eigenvalue weighted by Crippen LogP contribution is -2.02. The number of hydrogen-bond donors (Lipinski definition) is 0. The van der Waals surface area contributed by atoms with E-state index in [1.807, 2.05) is 0 Å². The summed E-state index contributed by atoms with van der Waals surface area (Å²) in [6.07, 6.45) is 1.08. The van der Waals surface area contributed by atoms with Crippen molar-refractivity contribution in [2.45, 2.75) is 13.8 Å². The third kappa shape index (κ3) is 2.12. The molecule has 0 spiro atoms. The summed E-state index contributed by atoms with van der Waals surface area (Å²) in [5.74, 6) is 0.291. The van der Waals surface area contributed by atoms with Crippen molar-refractivity contribution in [2.24, 2.45) is 0 Å². The molecule has 9 nitrogen and oxygen atoms in total. The molecule has 0 aliphatic heterocycles. The number of nitrogens with zero attached hydrogens (tertiary/aromatic N) is 5. The molecule has 0 saturated carbocycles. The Labute approximate surface area is 106 Å². The van der Waals surface area contributed by atoms with Gasteiger partial charge in [-0.25, -0.2) is 9.67 Å². The molecule has 0 fully saturated rings. The fourth-order valence-electron chi connectivity index (χ4n) is 1.73. The normalized spacial score (nSPS) is 10.4. The van der Waals surface area contributed by atoms with Crippen LogP contribution in [0.1, 0.15) is 11.4 Å².